The minimum atomic E-state index is -1.17. The number of amides is 2. The van der Waals surface area contributed by atoms with Gasteiger partial charge in [-0.15, -0.1) is 5.10 Å². The minimum Gasteiger partial charge on any atom is -0.477 e. The lowest BCUT2D eigenvalue weighted by Crippen LogP contribution is -2.43. The van der Waals surface area contributed by atoms with Gasteiger partial charge < -0.3 is 10.4 Å². The second-order valence-electron chi connectivity index (χ2n) is 9.86. The number of carboxylic acids is 1. The molecule has 0 radical (unpaired) electrons. The van der Waals surface area contributed by atoms with Crippen LogP contribution in [-0.4, -0.2) is 38.7 Å². The van der Waals surface area contributed by atoms with Gasteiger partial charge in [0.2, 0.25) is 5.91 Å². The molecule has 0 unspecified atom stereocenters. The largest absolute Gasteiger partial charge is 0.477 e. The lowest BCUT2D eigenvalue weighted by Gasteiger charge is -2.32. The summed E-state index contributed by atoms with van der Waals surface area (Å²) >= 11 is 6.14. The maximum atomic E-state index is 13.5. The Bertz CT molecular complexity index is 1310. The van der Waals surface area contributed by atoms with Crippen molar-refractivity contribution in [1.29, 1.82) is 0 Å². The third-order valence-electron chi connectivity index (χ3n) is 6.76. The van der Waals surface area contributed by atoms with Gasteiger partial charge in [-0.3, -0.25) is 14.5 Å². The SMILES string of the molecule is CC1CCC(C(=O)N(c2nn(-c3cccc(NC(=O)c4ccccc4Cl)c3)cc2C(=O)O)C(C)C)CC1. The molecule has 4 rings (SSSR count). The highest BCUT2D eigenvalue weighted by atomic mass is 35.5. The van der Waals surface area contributed by atoms with Crippen molar-refractivity contribution in [2.24, 2.45) is 11.8 Å². The number of benzene rings is 2. The molecule has 2 N–H and O–H groups in total. The average molecular weight is 523 g/mol. The van der Waals surface area contributed by atoms with Crippen LogP contribution in [0.25, 0.3) is 5.69 Å². The number of aromatic nitrogens is 2. The molecule has 1 saturated carbocycles. The smallest absolute Gasteiger partial charge is 0.341 e. The van der Waals surface area contributed by atoms with Gasteiger partial charge in [0.15, 0.2) is 5.82 Å². The average Bonchev–Trinajstić information content (AvgIpc) is 3.30. The van der Waals surface area contributed by atoms with Gasteiger partial charge in [0.25, 0.3) is 5.91 Å². The Morgan fingerprint density at radius 1 is 1.05 bits per heavy atom. The molecular formula is C28H31ClN4O4. The number of carboxylic acid groups (broad SMARTS) is 1. The quantitative estimate of drug-likeness (QED) is 0.393. The summed E-state index contributed by atoms with van der Waals surface area (Å²) in [6, 6.07) is 13.4. The first kappa shape index (κ1) is 26.4. The number of aromatic carboxylic acids is 1. The molecule has 0 atom stereocenters. The van der Waals surface area contributed by atoms with E-state index in [0.717, 1.165) is 25.7 Å². The van der Waals surface area contributed by atoms with Crippen LogP contribution in [0.3, 0.4) is 0 Å². The normalized spacial score (nSPS) is 17.4. The first-order valence-corrected chi connectivity index (χ1v) is 12.9. The summed E-state index contributed by atoms with van der Waals surface area (Å²) in [4.78, 5) is 39.9. The van der Waals surface area contributed by atoms with Crippen LogP contribution in [0.2, 0.25) is 5.02 Å². The van der Waals surface area contributed by atoms with Crippen molar-refractivity contribution in [1.82, 2.24) is 9.78 Å². The van der Waals surface area contributed by atoms with Crippen molar-refractivity contribution < 1.29 is 19.5 Å². The summed E-state index contributed by atoms with van der Waals surface area (Å²) < 4.78 is 1.43. The molecule has 2 amide bonds. The van der Waals surface area contributed by atoms with Gasteiger partial charge in [-0.2, -0.15) is 0 Å². The van der Waals surface area contributed by atoms with Crippen LogP contribution < -0.4 is 10.2 Å². The predicted octanol–water partition coefficient (Wildman–Crippen LogP) is 6.04. The monoisotopic (exact) mass is 522 g/mol. The Morgan fingerprint density at radius 2 is 1.76 bits per heavy atom. The van der Waals surface area contributed by atoms with Crippen molar-refractivity contribution in [3.63, 3.8) is 0 Å². The molecule has 9 heteroatoms. The zero-order valence-corrected chi connectivity index (χ0v) is 21.9. The summed E-state index contributed by atoms with van der Waals surface area (Å²) in [6.07, 6.45) is 4.95. The highest BCUT2D eigenvalue weighted by Crippen LogP contribution is 2.33. The molecule has 0 bridgehead atoms. The number of hydrogen-bond acceptors (Lipinski definition) is 4. The first-order valence-electron chi connectivity index (χ1n) is 12.5. The van der Waals surface area contributed by atoms with Gasteiger partial charge in [-0.05, 0) is 75.8 Å². The highest BCUT2D eigenvalue weighted by Gasteiger charge is 2.34. The molecule has 0 saturated heterocycles. The lowest BCUT2D eigenvalue weighted by molar-refractivity contribution is -0.124. The lowest BCUT2D eigenvalue weighted by atomic mass is 9.82. The first-order chi connectivity index (χ1) is 17.7. The topological polar surface area (TPSA) is 105 Å². The number of nitrogens with one attached hydrogen (secondary N) is 1. The number of anilines is 2. The van der Waals surface area contributed by atoms with Gasteiger partial charge in [-0.1, -0.05) is 36.7 Å². The minimum absolute atomic E-state index is 0.0586. The van der Waals surface area contributed by atoms with Gasteiger partial charge in [-0.25, -0.2) is 9.48 Å². The molecule has 2 aromatic carbocycles. The third kappa shape index (κ3) is 5.85. The summed E-state index contributed by atoms with van der Waals surface area (Å²) in [5, 5.41) is 17.7. The van der Waals surface area contributed by atoms with Crippen LogP contribution in [0.4, 0.5) is 11.5 Å². The van der Waals surface area contributed by atoms with E-state index in [1.165, 1.54) is 15.8 Å². The molecule has 1 aliphatic rings. The fourth-order valence-corrected chi connectivity index (χ4v) is 4.92. The van der Waals surface area contributed by atoms with E-state index in [0.29, 0.717) is 27.9 Å². The number of carbonyl (C=O) groups excluding carboxylic acids is 2. The highest BCUT2D eigenvalue weighted by molar-refractivity contribution is 6.34. The summed E-state index contributed by atoms with van der Waals surface area (Å²) in [7, 11) is 0. The molecular weight excluding hydrogens is 492 g/mol. The molecule has 1 fully saturated rings. The van der Waals surface area contributed by atoms with Crippen molar-refractivity contribution in [3.8, 4) is 5.69 Å². The van der Waals surface area contributed by atoms with E-state index in [-0.39, 0.29) is 35.2 Å². The van der Waals surface area contributed by atoms with E-state index < -0.39 is 5.97 Å². The fourth-order valence-electron chi connectivity index (χ4n) is 4.70. The van der Waals surface area contributed by atoms with Gasteiger partial charge >= 0.3 is 5.97 Å². The zero-order valence-electron chi connectivity index (χ0n) is 21.1. The van der Waals surface area contributed by atoms with Crippen LogP contribution >= 0.6 is 11.6 Å². The predicted molar refractivity (Wildman–Crippen MR) is 144 cm³/mol. The Hall–Kier alpha value is -3.65. The second kappa shape index (κ2) is 11.2. The molecule has 8 nitrogen and oxygen atoms in total. The van der Waals surface area contributed by atoms with Crippen molar-refractivity contribution >= 4 is 40.9 Å². The standard InChI is InChI=1S/C28H31ClN4O4/c1-17(2)33(27(35)19-13-11-18(3)12-14-19)25-23(28(36)37)16-32(31-25)21-8-6-7-20(15-21)30-26(34)22-9-4-5-10-24(22)29/h4-10,15-19H,11-14H2,1-3H3,(H,30,34)(H,36,37). The van der Waals surface area contributed by atoms with Crippen LogP contribution in [0.5, 0.6) is 0 Å². The van der Waals surface area contributed by atoms with Crippen molar-refractivity contribution in [2.75, 3.05) is 10.2 Å². The van der Waals surface area contributed by atoms with Crippen LogP contribution in [0, 0.1) is 11.8 Å². The Kier molecular flexibility index (Phi) is 7.97. The van der Waals surface area contributed by atoms with Gasteiger partial charge in [0, 0.05) is 23.8 Å². The summed E-state index contributed by atoms with van der Waals surface area (Å²) in [6.45, 7) is 5.91. The van der Waals surface area contributed by atoms with E-state index in [1.54, 1.807) is 48.5 Å². The van der Waals surface area contributed by atoms with Gasteiger partial charge in [0.05, 0.1) is 16.3 Å². The maximum Gasteiger partial charge on any atom is 0.341 e. The number of nitrogens with zero attached hydrogens (tertiary/aromatic N) is 3. The maximum absolute atomic E-state index is 13.5. The van der Waals surface area contributed by atoms with E-state index in [2.05, 4.69) is 17.3 Å². The van der Waals surface area contributed by atoms with E-state index in [1.807, 2.05) is 13.8 Å². The molecule has 0 spiro atoms. The van der Waals surface area contributed by atoms with Crippen molar-refractivity contribution in [2.45, 2.75) is 52.5 Å². The molecule has 194 valence electrons. The summed E-state index contributed by atoms with van der Waals surface area (Å²) in [5.74, 6) is -1.05. The molecule has 1 aromatic heterocycles. The Morgan fingerprint density at radius 3 is 2.41 bits per heavy atom. The molecule has 1 aliphatic carbocycles. The Balaban J connectivity index is 1.64. The number of rotatable bonds is 7. The van der Waals surface area contributed by atoms with Crippen LogP contribution in [0.15, 0.2) is 54.7 Å². The Labute approximate surface area is 221 Å². The molecule has 3 aromatic rings. The van der Waals surface area contributed by atoms with Crippen LogP contribution in [0.1, 0.15) is 67.2 Å². The molecule has 37 heavy (non-hydrogen) atoms. The molecule has 0 aliphatic heterocycles. The van der Waals surface area contributed by atoms with E-state index >= 15 is 0 Å². The van der Waals surface area contributed by atoms with Crippen LogP contribution in [-0.2, 0) is 4.79 Å². The van der Waals surface area contributed by atoms with Gasteiger partial charge in [0.1, 0.15) is 5.56 Å². The third-order valence-corrected chi connectivity index (χ3v) is 7.09. The van der Waals surface area contributed by atoms with Crippen molar-refractivity contribution in [3.05, 3.63) is 70.9 Å². The zero-order chi connectivity index (χ0) is 26.7. The number of halogens is 1. The van der Waals surface area contributed by atoms with E-state index in [4.69, 9.17) is 11.6 Å². The summed E-state index contributed by atoms with van der Waals surface area (Å²) in [5.41, 5.74) is 1.31. The fraction of sp³-hybridized carbons (Fsp3) is 0.357. The number of hydrogen-bond donors (Lipinski definition) is 2. The van der Waals surface area contributed by atoms with E-state index in [9.17, 15) is 19.5 Å². The number of carbonyl (C=O) groups is 3. The second-order valence-corrected chi connectivity index (χ2v) is 10.3. The molecule has 1 heterocycles.